The van der Waals surface area contributed by atoms with Gasteiger partial charge in [0, 0.05) is 18.3 Å². The maximum atomic E-state index is 12.0. The van der Waals surface area contributed by atoms with Crippen LogP contribution in [0.5, 0.6) is 0 Å². The van der Waals surface area contributed by atoms with E-state index in [9.17, 15) is 19.7 Å². The molecule has 114 valence electrons. The second-order valence-electron chi connectivity index (χ2n) is 5.05. The highest BCUT2D eigenvalue weighted by atomic mass is 16.6. The molecule has 8 heteroatoms. The van der Waals surface area contributed by atoms with E-state index in [2.05, 4.69) is 4.74 Å². The maximum Gasteiger partial charge on any atom is 0.419 e. The van der Waals surface area contributed by atoms with Gasteiger partial charge in [0.1, 0.15) is 11.3 Å². The number of nitrogens with zero attached hydrogens (tertiary/aromatic N) is 2. The first-order chi connectivity index (χ1) is 9.65. The second-order valence-corrected chi connectivity index (χ2v) is 5.05. The predicted octanol–water partition coefficient (Wildman–Crippen LogP) is 2.37. The van der Waals surface area contributed by atoms with Gasteiger partial charge in [-0.2, -0.15) is 0 Å². The summed E-state index contributed by atoms with van der Waals surface area (Å²) in [7, 11) is 1.17. The largest absolute Gasteiger partial charge is 0.466 e. The van der Waals surface area contributed by atoms with E-state index in [1.54, 1.807) is 20.8 Å². The summed E-state index contributed by atoms with van der Waals surface area (Å²) in [5, 5.41) is 10.9. The van der Waals surface area contributed by atoms with E-state index < -0.39 is 22.6 Å². The van der Waals surface area contributed by atoms with Crippen LogP contribution in [0.25, 0.3) is 6.08 Å². The van der Waals surface area contributed by atoms with Crippen LogP contribution in [0.4, 0.5) is 10.5 Å². The molecule has 0 radical (unpaired) electrons. The molecule has 1 aromatic rings. The van der Waals surface area contributed by atoms with Crippen LogP contribution in [-0.4, -0.2) is 34.3 Å². The van der Waals surface area contributed by atoms with Crippen molar-refractivity contribution in [2.24, 2.45) is 0 Å². The Bertz CT molecular complexity index is 594. The Hall–Kier alpha value is -2.64. The molecule has 0 aromatic carbocycles. The van der Waals surface area contributed by atoms with Crippen molar-refractivity contribution >= 4 is 23.8 Å². The molecule has 0 N–H and O–H groups in total. The Labute approximate surface area is 121 Å². The minimum absolute atomic E-state index is 0.0698. The zero-order chi connectivity index (χ0) is 16.2. The number of aromatic nitrogens is 1. The molecule has 1 rings (SSSR count). The fraction of sp³-hybridized carbons (Fsp3) is 0.385. The van der Waals surface area contributed by atoms with Gasteiger partial charge in [0.2, 0.25) is 0 Å². The zero-order valence-electron chi connectivity index (χ0n) is 12.2. The van der Waals surface area contributed by atoms with Crippen LogP contribution < -0.4 is 0 Å². The normalized spacial score (nSPS) is 11.4. The van der Waals surface area contributed by atoms with E-state index in [-0.39, 0.29) is 11.4 Å². The number of nitro groups is 1. The molecule has 0 atom stereocenters. The molecule has 1 heterocycles. The molecule has 0 aliphatic heterocycles. The van der Waals surface area contributed by atoms with Crippen LogP contribution in [0, 0.1) is 10.1 Å². The topological polar surface area (TPSA) is 101 Å². The second kappa shape index (κ2) is 6.21. The van der Waals surface area contributed by atoms with Crippen LogP contribution in [0.3, 0.4) is 0 Å². The molecule has 21 heavy (non-hydrogen) atoms. The number of carbonyl (C=O) groups is 2. The summed E-state index contributed by atoms with van der Waals surface area (Å²) in [5.41, 5.74) is -1.14. The summed E-state index contributed by atoms with van der Waals surface area (Å²) in [6.45, 7) is 5.02. The standard InChI is InChI=1S/C13H16N2O6/c1-13(2,3)21-12(17)14-8-7-10(15(18)19)9(14)5-6-11(16)20-4/h5-8H,1-4H3/b6-5+. The fourth-order valence-corrected chi connectivity index (χ4v) is 1.44. The first-order valence-electron chi connectivity index (χ1n) is 6.01. The smallest absolute Gasteiger partial charge is 0.419 e. The summed E-state index contributed by atoms with van der Waals surface area (Å²) in [5.74, 6) is -0.693. The Kier molecular flexibility index (Phi) is 4.85. The van der Waals surface area contributed by atoms with Crippen molar-refractivity contribution in [2.45, 2.75) is 26.4 Å². The van der Waals surface area contributed by atoms with Gasteiger partial charge >= 0.3 is 12.1 Å². The van der Waals surface area contributed by atoms with Gasteiger partial charge in [-0.15, -0.1) is 0 Å². The summed E-state index contributed by atoms with van der Waals surface area (Å²) in [6, 6.07) is 1.15. The number of hydrogen-bond donors (Lipinski definition) is 0. The van der Waals surface area contributed by atoms with Gasteiger partial charge in [-0.25, -0.2) is 14.2 Å². The van der Waals surface area contributed by atoms with E-state index in [1.165, 1.54) is 13.3 Å². The molecule has 0 fully saturated rings. The SMILES string of the molecule is COC(=O)/C=C/c1c([N+](=O)[O-])ccn1C(=O)OC(C)(C)C. The summed E-state index contributed by atoms with van der Waals surface area (Å²) < 4.78 is 10.5. The van der Waals surface area contributed by atoms with E-state index in [0.29, 0.717) is 0 Å². The molecule has 0 saturated heterocycles. The predicted molar refractivity (Wildman–Crippen MR) is 73.8 cm³/mol. The highest BCUT2D eigenvalue weighted by Crippen LogP contribution is 2.23. The highest BCUT2D eigenvalue weighted by Gasteiger charge is 2.24. The third-order valence-corrected chi connectivity index (χ3v) is 2.27. The van der Waals surface area contributed by atoms with Gasteiger partial charge in [-0.3, -0.25) is 10.1 Å². The molecule has 0 aliphatic rings. The quantitative estimate of drug-likeness (QED) is 0.367. The first-order valence-corrected chi connectivity index (χ1v) is 6.01. The number of hydrogen-bond acceptors (Lipinski definition) is 6. The third kappa shape index (κ3) is 4.44. The number of carbonyl (C=O) groups excluding carboxylic acids is 2. The Balaban J connectivity index is 3.21. The molecule has 1 aromatic heterocycles. The average molecular weight is 296 g/mol. The van der Waals surface area contributed by atoms with E-state index in [0.717, 1.165) is 22.8 Å². The fourth-order valence-electron chi connectivity index (χ4n) is 1.44. The zero-order valence-corrected chi connectivity index (χ0v) is 12.2. The van der Waals surface area contributed by atoms with Crippen molar-refractivity contribution in [2.75, 3.05) is 7.11 Å². The van der Waals surface area contributed by atoms with Crippen molar-refractivity contribution < 1.29 is 24.0 Å². The highest BCUT2D eigenvalue weighted by molar-refractivity contribution is 5.88. The number of ether oxygens (including phenoxy) is 2. The molecule has 0 aliphatic carbocycles. The average Bonchev–Trinajstić information content (AvgIpc) is 2.77. The molecular formula is C13H16N2O6. The molecule has 0 unspecified atom stereocenters. The van der Waals surface area contributed by atoms with E-state index in [4.69, 9.17) is 4.74 Å². The van der Waals surface area contributed by atoms with Crippen LogP contribution in [0.2, 0.25) is 0 Å². The van der Waals surface area contributed by atoms with E-state index >= 15 is 0 Å². The van der Waals surface area contributed by atoms with Crippen molar-refractivity contribution in [3.8, 4) is 0 Å². The lowest BCUT2D eigenvalue weighted by atomic mass is 10.2. The Morgan fingerprint density at radius 3 is 2.48 bits per heavy atom. The van der Waals surface area contributed by atoms with Crippen molar-refractivity contribution in [3.05, 3.63) is 34.1 Å². The van der Waals surface area contributed by atoms with Crippen molar-refractivity contribution in [1.29, 1.82) is 0 Å². The van der Waals surface area contributed by atoms with E-state index in [1.807, 2.05) is 0 Å². The Morgan fingerprint density at radius 2 is 2.00 bits per heavy atom. The van der Waals surface area contributed by atoms with Crippen molar-refractivity contribution in [1.82, 2.24) is 4.57 Å². The van der Waals surface area contributed by atoms with Crippen LogP contribution in [-0.2, 0) is 14.3 Å². The van der Waals surface area contributed by atoms with Gasteiger partial charge in [0.05, 0.1) is 12.0 Å². The molecule has 0 amide bonds. The lowest BCUT2D eigenvalue weighted by molar-refractivity contribution is -0.385. The monoisotopic (exact) mass is 296 g/mol. The number of rotatable bonds is 3. The summed E-state index contributed by atoms with van der Waals surface area (Å²) >= 11 is 0. The molecule has 0 bridgehead atoms. The molecule has 0 saturated carbocycles. The van der Waals surface area contributed by atoms with Crippen LogP contribution >= 0.6 is 0 Å². The molecule has 8 nitrogen and oxygen atoms in total. The number of esters is 1. The Morgan fingerprint density at radius 1 is 1.38 bits per heavy atom. The molecule has 0 spiro atoms. The van der Waals surface area contributed by atoms with Crippen molar-refractivity contribution in [3.63, 3.8) is 0 Å². The number of methoxy groups -OCH3 is 1. The van der Waals surface area contributed by atoms with Gasteiger partial charge in [0.15, 0.2) is 0 Å². The summed E-state index contributed by atoms with van der Waals surface area (Å²) in [6.07, 6.45) is 2.56. The van der Waals surface area contributed by atoms with Gasteiger partial charge in [-0.1, -0.05) is 0 Å². The van der Waals surface area contributed by atoms with Crippen LogP contribution in [0.1, 0.15) is 26.5 Å². The first kappa shape index (κ1) is 16.4. The molecular weight excluding hydrogens is 280 g/mol. The van der Waals surface area contributed by atoms with Crippen LogP contribution in [0.15, 0.2) is 18.3 Å². The van der Waals surface area contributed by atoms with Gasteiger partial charge < -0.3 is 9.47 Å². The minimum Gasteiger partial charge on any atom is -0.466 e. The lowest BCUT2D eigenvalue weighted by Crippen LogP contribution is -2.27. The van der Waals surface area contributed by atoms with Gasteiger partial charge in [0.25, 0.3) is 5.69 Å². The minimum atomic E-state index is -0.778. The third-order valence-electron chi connectivity index (χ3n) is 2.27. The lowest BCUT2D eigenvalue weighted by Gasteiger charge is -2.19. The summed E-state index contributed by atoms with van der Waals surface area (Å²) in [4.78, 5) is 33.4. The maximum absolute atomic E-state index is 12.0. The van der Waals surface area contributed by atoms with Gasteiger partial charge in [-0.05, 0) is 26.8 Å².